The third-order valence-corrected chi connectivity index (χ3v) is 9.53. The number of carbonyl (C=O) groups is 3. The monoisotopic (exact) mass is 618 g/mol. The van der Waals surface area contributed by atoms with Crippen molar-refractivity contribution >= 4 is 29.3 Å². The van der Waals surface area contributed by atoms with Crippen LogP contribution in [0.3, 0.4) is 0 Å². The van der Waals surface area contributed by atoms with Gasteiger partial charge in [0.2, 0.25) is 0 Å². The second-order valence-electron chi connectivity index (χ2n) is 12.1. The molecule has 0 spiro atoms. The number of carbonyl (C=O) groups excluding carboxylic acids is 3. The Kier molecular flexibility index (Phi) is 8.99. The van der Waals surface area contributed by atoms with E-state index in [9.17, 15) is 14.4 Å². The molecule has 228 valence electrons. The van der Waals surface area contributed by atoms with Crippen LogP contribution in [-0.4, -0.2) is 17.7 Å². The van der Waals surface area contributed by atoms with Gasteiger partial charge in [0.15, 0.2) is 11.2 Å². The van der Waals surface area contributed by atoms with Crippen LogP contribution in [0.15, 0.2) is 126 Å². The average Bonchev–Trinajstić information content (AvgIpc) is 3.49. The fourth-order valence-corrected chi connectivity index (χ4v) is 7.19. The fraction of sp³-hybridized carbons (Fsp3) is 0.256. The summed E-state index contributed by atoms with van der Waals surface area (Å²) in [6, 6.07) is 35.8. The zero-order chi connectivity index (χ0) is 31.4. The molecule has 0 heterocycles. The Morgan fingerprint density at radius 1 is 0.733 bits per heavy atom. The lowest BCUT2D eigenvalue weighted by atomic mass is 9.65. The lowest BCUT2D eigenvalue weighted by Gasteiger charge is -2.37. The van der Waals surface area contributed by atoms with E-state index in [0.29, 0.717) is 17.0 Å². The van der Waals surface area contributed by atoms with Gasteiger partial charge in [-0.05, 0) is 59.9 Å². The van der Waals surface area contributed by atoms with Crippen LogP contribution in [0.2, 0.25) is 5.02 Å². The van der Waals surface area contributed by atoms with E-state index >= 15 is 0 Å². The Hall–Kier alpha value is -4.48. The lowest BCUT2D eigenvalue weighted by Crippen LogP contribution is -2.40. The Balaban J connectivity index is 1.34. The number of allylic oxidation sites excluding steroid dienone is 2. The second-order valence-corrected chi connectivity index (χ2v) is 12.5. The zero-order valence-electron chi connectivity index (χ0n) is 25.2. The maximum Gasteiger partial charge on any atom is 0.324 e. The number of ketones is 1. The quantitative estimate of drug-likeness (QED) is 0.0814. The summed E-state index contributed by atoms with van der Waals surface area (Å²) in [5.74, 6) is -1.97. The zero-order valence-corrected chi connectivity index (χ0v) is 25.9. The van der Waals surface area contributed by atoms with Gasteiger partial charge in [0.1, 0.15) is 13.2 Å². The Morgan fingerprint density at radius 3 is 1.84 bits per heavy atom. The largest absolute Gasteiger partial charge is 0.460 e. The Labute approximate surface area is 268 Å². The molecule has 0 N–H and O–H groups in total. The summed E-state index contributed by atoms with van der Waals surface area (Å²) in [6.07, 6.45) is 0.881. The van der Waals surface area contributed by atoms with Crippen LogP contribution in [0.5, 0.6) is 0 Å². The van der Waals surface area contributed by atoms with Crippen molar-refractivity contribution in [3.63, 3.8) is 0 Å². The van der Waals surface area contributed by atoms with Crippen LogP contribution >= 0.6 is 11.6 Å². The van der Waals surface area contributed by atoms with Gasteiger partial charge >= 0.3 is 11.9 Å². The highest BCUT2D eigenvalue weighted by atomic mass is 35.5. The predicted molar refractivity (Wildman–Crippen MR) is 173 cm³/mol. The third kappa shape index (κ3) is 6.36. The van der Waals surface area contributed by atoms with E-state index in [1.165, 1.54) is 0 Å². The van der Waals surface area contributed by atoms with Crippen LogP contribution in [0.25, 0.3) is 0 Å². The van der Waals surface area contributed by atoms with Crippen LogP contribution in [-0.2, 0) is 32.3 Å². The first-order valence-corrected chi connectivity index (χ1v) is 15.7. The van der Waals surface area contributed by atoms with Gasteiger partial charge in [0.05, 0.1) is 0 Å². The van der Waals surface area contributed by atoms with Crippen molar-refractivity contribution in [2.24, 2.45) is 17.3 Å². The van der Waals surface area contributed by atoms with Crippen molar-refractivity contribution in [1.29, 1.82) is 0 Å². The molecule has 6 rings (SSSR count). The molecule has 0 saturated heterocycles. The smallest absolute Gasteiger partial charge is 0.324 e. The first-order chi connectivity index (χ1) is 21.9. The highest BCUT2D eigenvalue weighted by molar-refractivity contribution is 6.30. The number of benzene rings is 4. The molecule has 2 aliphatic rings. The van der Waals surface area contributed by atoms with E-state index in [0.717, 1.165) is 27.8 Å². The van der Waals surface area contributed by atoms with Crippen molar-refractivity contribution in [1.82, 2.24) is 0 Å². The maximum absolute atomic E-state index is 14.2. The van der Waals surface area contributed by atoms with Gasteiger partial charge in [0.25, 0.3) is 0 Å². The van der Waals surface area contributed by atoms with Crippen molar-refractivity contribution in [3.05, 3.63) is 154 Å². The summed E-state index contributed by atoms with van der Waals surface area (Å²) in [7, 11) is 0. The standard InChI is InChI=1S/C39H35ClO5/c1-26-34-23-39(37(42)44-24-27-12-5-2-6-13-27,38(43)45-25-28-14-7-3-8-15-28)22-31(34)21-33(30-18-11-19-32(40)20-30)35(26)36(41)29-16-9-4-10-17-29/h2-20,26,33,35H,21-25H2,1H3/t26-,33-,35+/m1/s1. The maximum atomic E-state index is 14.2. The molecule has 0 radical (unpaired) electrons. The van der Waals surface area contributed by atoms with Crippen molar-refractivity contribution < 1.29 is 23.9 Å². The molecule has 3 atom stereocenters. The molecule has 0 aliphatic heterocycles. The van der Waals surface area contributed by atoms with E-state index in [1.54, 1.807) is 0 Å². The minimum atomic E-state index is -1.54. The molecular weight excluding hydrogens is 584 g/mol. The first kappa shape index (κ1) is 30.5. The molecule has 45 heavy (non-hydrogen) atoms. The molecule has 4 aromatic carbocycles. The molecule has 6 heteroatoms. The van der Waals surface area contributed by atoms with E-state index in [1.807, 2.05) is 122 Å². The van der Waals surface area contributed by atoms with E-state index in [4.69, 9.17) is 21.1 Å². The molecule has 0 aromatic heterocycles. The number of rotatable bonds is 9. The minimum absolute atomic E-state index is 0.0374. The van der Waals surface area contributed by atoms with Gasteiger partial charge in [-0.15, -0.1) is 0 Å². The van der Waals surface area contributed by atoms with Crippen molar-refractivity contribution in [2.75, 3.05) is 0 Å². The molecule has 0 fully saturated rings. The number of hydrogen-bond acceptors (Lipinski definition) is 5. The topological polar surface area (TPSA) is 69.7 Å². The normalized spacial score (nSPS) is 20.3. The molecule has 4 aromatic rings. The fourth-order valence-electron chi connectivity index (χ4n) is 7.00. The van der Waals surface area contributed by atoms with E-state index < -0.39 is 23.3 Å². The number of ether oxygens (including phenoxy) is 2. The van der Waals surface area contributed by atoms with Crippen LogP contribution in [0.1, 0.15) is 59.2 Å². The molecule has 2 aliphatic carbocycles. The van der Waals surface area contributed by atoms with Gasteiger partial charge in [-0.2, -0.15) is 0 Å². The second kappa shape index (κ2) is 13.3. The molecule has 5 nitrogen and oxygen atoms in total. The average molecular weight is 619 g/mol. The Morgan fingerprint density at radius 2 is 1.29 bits per heavy atom. The van der Waals surface area contributed by atoms with Gasteiger partial charge in [0, 0.05) is 16.5 Å². The summed E-state index contributed by atoms with van der Waals surface area (Å²) in [4.78, 5) is 42.3. The minimum Gasteiger partial charge on any atom is -0.460 e. The molecule has 0 bridgehead atoms. The summed E-state index contributed by atoms with van der Waals surface area (Å²) in [5.41, 5.74) is 3.71. The molecule has 0 amide bonds. The number of esters is 2. The summed E-state index contributed by atoms with van der Waals surface area (Å²) in [6.45, 7) is 2.14. The molecule has 0 unspecified atom stereocenters. The van der Waals surface area contributed by atoms with Crippen LogP contribution < -0.4 is 0 Å². The number of hydrogen-bond donors (Lipinski definition) is 0. The molecular formula is C39H35ClO5. The van der Waals surface area contributed by atoms with E-state index in [-0.39, 0.29) is 43.7 Å². The summed E-state index contributed by atoms with van der Waals surface area (Å²) < 4.78 is 11.7. The van der Waals surface area contributed by atoms with Gasteiger partial charge in [-0.25, -0.2) is 0 Å². The first-order valence-electron chi connectivity index (χ1n) is 15.3. The van der Waals surface area contributed by atoms with Crippen LogP contribution in [0, 0.1) is 17.3 Å². The third-order valence-electron chi connectivity index (χ3n) is 9.29. The molecule has 0 saturated carbocycles. The predicted octanol–water partition coefficient (Wildman–Crippen LogP) is 8.53. The van der Waals surface area contributed by atoms with Gasteiger partial charge in [-0.1, -0.05) is 133 Å². The van der Waals surface area contributed by atoms with Crippen molar-refractivity contribution in [2.45, 2.75) is 45.3 Å². The summed E-state index contributed by atoms with van der Waals surface area (Å²) in [5, 5.41) is 0.598. The Bertz CT molecular complexity index is 1660. The highest BCUT2D eigenvalue weighted by Crippen LogP contribution is 2.56. The number of Topliss-reactive ketones (excluding diaryl/α,β-unsaturated/α-hetero) is 1. The lowest BCUT2D eigenvalue weighted by molar-refractivity contribution is -0.173. The highest BCUT2D eigenvalue weighted by Gasteiger charge is 2.57. The van der Waals surface area contributed by atoms with Crippen molar-refractivity contribution in [3.8, 4) is 0 Å². The summed E-state index contributed by atoms with van der Waals surface area (Å²) >= 11 is 6.44. The van der Waals surface area contributed by atoms with E-state index in [2.05, 4.69) is 0 Å². The van der Waals surface area contributed by atoms with Crippen LogP contribution in [0.4, 0.5) is 0 Å². The number of halogens is 1. The SMILES string of the molecule is C[C@@H]1C2=C(C[C@H](c3cccc(Cl)c3)[C@H]1C(=O)c1ccccc1)CC(C(=O)OCc1ccccc1)(C(=O)OCc1ccccc1)C2. The van der Waals surface area contributed by atoms with Gasteiger partial charge < -0.3 is 9.47 Å². The van der Waals surface area contributed by atoms with Gasteiger partial charge in [-0.3, -0.25) is 14.4 Å².